The zero-order valence-electron chi connectivity index (χ0n) is 11.2. The quantitative estimate of drug-likeness (QED) is 0.653. The Labute approximate surface area is 106 Å². The second kappa shape index (κ2) is 5.90. The highest BCUT2D eigenvalue weighted by atomic mass is 27.2. The van der Waals surface area contributed by atoms with Gasteiger partial charge in [-0.2, -0.15) is 0 Å². The zero-order valence-corrected chi connectivity index (χ0v) is 12.4. The molecule has 1 aliphatic carbocycles. The summed E-state index contributed by atoms with van der Waals surface area (Å²) in [6.07, 6.45) is 7.17. The maximum atomic E-state index is 6.19. The van der Waals surface area contributed by atoms with Crippen molar-refractivity contribution in [3.63, 3.8) is 0 Å². The molecule has 1 saturated heterocycles. The molecule has 2 heteroatoms. The van der Waals surface area contributed by atoms with Crippen LogP contribution in [0.4, 0.5) is 0 Å². The molecule has 0 aromatic rings. The molecule has 0 aromatic heterocycles. The van der Waals surface area contributed by atoms with Crippen molar-refractivity contribution in [2.75, 3.05) is 6.61 Å². The van der Waals surface area contributed by atoms with E-state index in [1.165, 1.54) is 37.4 Å². The highest BCUT2D eigenvalue weighted by Crippen LogP contribution is 2.45. The van der Waals surface area contributed by atoms with Crippen molar-refractivity contribution in [1.29, 1.82) is 0 Å². The molecule has 92 valence electrons. The maximum Gasteiger partial charge on any atom is 0.464 e. The average molecular weight is 238 g/mol. The molecule has 0 amide bonds. The van der Waals surface area contributed by atoms with Gasteiger partial charge in [0.05, 0.1) is 0 Å². The van der Waals surface area contributed by atoms with Crippen molar-refractivity contribution in [3.05, 3.63) is 0 Å². The third-order valence-corrected chi connectivity index (χ3v) is 8.13. The van der Waals surface area contributed by atoms with Crippen LogP contribution in [0.25, 0.3) is 0 Å². The molecule has 2 fully saturated rings. The molecule has 0 spiro atoms. The second-order valence-corrected chi connectivity index (χ2v) is 9.24. The van der Waals surface area contributed by atoms with Gasteiger partial charge in [-0.1, -0.05) is 56.5 Å². The summed E-state index contributed by atoms with van der Waals surface area (Å²) in [6, 6.07) is 0. The molecule has 1 saturated carbocycles. The van der Waals surface area contributed by atoms with Gasteiger partial charge in [0.15, 0.2) is 0 Å². The van der Waals surface area contributed by atoms with Crippen LogP contribution in [0.3, 0.4) is 0 Å². The van der Waals surface area contributed by atoms with E-state index in [0.29, 0.717) is 0 Å². The molecular formula is C14H27AlO. The molecule has 1 aliphatic heterocycles. The van der Waals surface area contributed by atoms with E-state index in [-0.39, 0.29) is 0 Å². The molecule has 3 unspecified atom stereocenters. The topological polar surface area (TPSA) is 9.23 Å². The average Bonchev–Trinajstić information content (AvgIpc) is 2.29. The lowest BCUT2D eigenvalue weighted by atomic mass is 9.77. The first kappa shape index (κ1) is 12.9. The van der Waals surface area contributed by atoms with E-state index >= 15 is 0 Å². The van der Waals surface area contributed by atoms with Crippen LogP contribution in [0.1, 0.15) is 52.9 Å². The van der Waals surface area contributed by atoms with E-state index in [4.69, 9.17) is 3.79 Å². The Bertz CT molecular complexity index is 211. The molecule has 2 rings (SSSR count). The predicted octanol–water partition coefficient (Wildman–Crippen LogP) is 4.25. The van der Waals surface area contributed by atoms with E-state index in [2.05, 4.69) is 20.8 Å². The Hall–Kier alpha value is 0.492. The van der Waals surface area contributed by atoms with Crippen molar-refractivity contribution in [2.45, 2.75) is 62.9 Å². The Morgan fingerprint density at radius 2 is 2.00 bits per heavy atom. The number of hydrogen-bond acceptors (Lipinski definition) is 1. The van der Waals surface area contributed by atoms with Crippen LogP contribution in [0.5, 0.6) is 0 Å². The summed E-state index contributed by atoms with van der Waals surface area (Å²) >= 11 is -0.860. The van der Waals surface area contributed by atoms with Crippen molar-refractivity contribution < 1.29 is 3.79 Å². The molecule has 1 nitrogen and oxygen atoms in total. The highest BCUT2D eigenvalue weighted by molar-refractivity contribution is 6.53. The summed E-state index contributed by atoms with van der Waals surface area (Å²) in [5, 5.41) is 1.46. The highest BCUT2D eigenvalue weighted by Gasteiger charge is 2.41. The fourth-order valence-corrected chi connectivity index (χ4v) is 7.77. The zero-order chi connectivity index (χ0) is 11.5. The molecular weight excluding hydrogens is 211 g/mol. The predicted molar refractivity (Wildman–Crippen MR) is 70.8 cm³/mol. The Morgan fingerprint density at radius 3 is 2.62 bits per heavy atom. The van der Waals surface area contributed by atoms with Crippen LogP contribution < -0.4 is 0 Å². The van der Waals surface area contributed by atoms with Crippen molar-refractivity contribution in [1.82, 2.24) is 0 Å². The van der Waals surface area contributed by atoms with Gasteiger partial charge < -0.3 is 3.79 Å². The first-order valence-corrected chi connectivity index (χ1v) is 9.25. The third kappa shape index (κ3) is 3.03. The van der Waals surface area contributed by atoms with Gasteiger partial charge in [0, 0.05) is 6.61 Å². The maximum absolute atomic E-state index is 6.19. The van der Waals surface area contributed by atoms with E-state index < -0.39 is 14.5 Å². The standard InChI is InChI=1S/C10H19.C4H8O.Al/c1-8(2)10-6-4-9(3)5-7-10;1-2-3-4-5;/h6,8-10H,4-5,7H2,1-3H3;1-4H2;/q;-1;+1. The van der Waals surface area contributed by atoms with Crippen LogP contribution in [0.2, 0.25) is 10.1 Å². The van der Waals surface area contributed by atoms with E-state index in [1.54, 1.807) is 0 Å². The summed E-state index contributed by atoms with van der Waals surface area (Å²) in [4.78, 5) is 0. The van der Waals surface area contributed by atoms with Crippen molar-refractivity contribution in [3.8, 4) is 0 Å². The smallest absolute Gasteiger partial charge is 0.464 e. The van der Waals surface area contributed by atoms with Gasteiger partial charge in [-0.05, 0) is 24.2 Å². The minimum atomic E-state index is -0.860. The van der Waals surface area contributed by atoms with E-state index in [1.807, 2.05) is 0 Å². The normalized spacial score (nSPS) is 36.8. The Kier molecular flexibility index (Phi) is 4.77. The molecule has 0 N–H and O–H groups in total. The van der Waals surface area contributed by atoms with Crippen LogP contribution in [0.15, 0.2) is 0 Å². The number of hydrogen-bond donors (Lipinski definition) is 0. The monoisotopic (exact) mass is 238 g/mol. The summed E-state index contributed by atoms with van der Waals surface area (Å²) in [6.45, 7) is 8.36. The second-order valence-electron chi connectivity index (χ2n) is 6.39. The van der Waals surface area contributed by atoms with Gasteiger partial charge in [-0.25, -0.2) is 0 Å². The fraction of sp³-hybridized carbons (Fsp3) is 1.00. The van der Waals surface area contributed by atoms with Crippen molar-refractivity contribution >= 4 is 14.5 Å². The summed E-state index contributed by atoms with van der Waals surface area (Å²) in [5.41, 5.74) is 0. The minimum Gasteiger partial charge on any atom is -0.500 e. The van der Waals surface area contributed by atoms with Crippen LogP contribution in [-0.2, 0) is 3.79 Å². The van der Waals surface area contributed by atoms with Crippen molar-refractivity contribution in [2.24, 2.45) is 17.8 Å². The van der Waals surface area contributed by atoms with Gasteiger partial charge in [0.2, 0.25) is 0 Å². The van der Waals surface area contributed by atoms with Crippen LogP contribution >= 0.6 is 0 Å². The van der Waals surface area contributed by atoms with Gasteiger partial charge >= 0.3 is 14.5 Å². The molecule has 1 heterocycles. The molecule has 0 bridgehead atoms. The third-order valence-electron chi connectivity index (χ3n) is 4.77. The summed E-state index contributed by atoms with van der Waals surface area (Å²) in [7, 11) is 0. The van der Waals surface area contributed by atoms with Gasteiger partial charge in [-0.3, -0.25) is 0 Å². The Balaban J connectivity index is 2.00. The largest absolute Gasteiger partial charge is 0.500 e. The lowest BCUT2D eigenvalue weighted by molar-refractivity contribution is 0.197. The SMILES string of the molecule is CC1CCC(C(C)C)[CH]([Al]2[CH2]CCC[O]2)C1. The van der Waals surface area contributed by atoms with Crippen LogP contribution in [-0.4, -0.2) is 21.1 Å². The molecule has 3 atom stereocenters. The minimum absolute atomic E-state index is 0.860. The van der Waals surface area contributed by atoms with Gasteiger partial charge in [0.25, 0.3) is 0 Å². The molecule has 0 radical (unpaired) electrons. The first-order valence-electron chi connectivity index (χ1n) is 7.30. The van der Waals surface area contributed by atoms with Gasteiger partial charge in [-0.15, -0.1) is 0 Å². The number of rotatable bonds is 2. The lowest BCUT2D eigenvalue weighted by Gasteiger charge is -2.40. The summed E-state index contributed by atoms with van der Waals surface area (Å²) in [5.74, 6) is 2.81. The van der Waals surface area contributed by atoms with E-state index in [0.717, 1.165) is 29.1 Å². The van der Waals surface area contributed by atoms with Gasteiger partial charge in [0.1, 0.15) is 0 Å². The first-order chi connectivity index (χ1) is 7.68. The van der Waals surface area contributed by atoms with E-state index in [9.17, 15) is 0 Å². The lowest BCUT2D eigenvalue weighted by Crippen LogP contribution is -2.38. The fourth-order valence-electron chi connectivity index (χ4n) is 3.81. The molecule has 16 heavy (non-hydrogen) atoms. The summed E-state index contributed by atoms with van der Waals surface area (Å²) < 4.78 is 7.17. The van der Waals surface area contributed by atoms with Crippen LogP contribution in [0, 0.1) is 17.8 Å². The Morgan fingerprint density at radius 1 is 1.19 bits per heavy atom. The molecule has 2 aliphatic rings. The molecule has 0 aromatic carbocycles.